The van der Waals surface area contributed by atoms with Gasteiger partial charge in [-0.3, -0.25) is 0 Å². The summed E-state index contributed by atoms with van der Waals surface area (Å²) in [6, 6.07) is 31.0. The van der Waals surface area contributed by atoms with Crippen LogP contribution in [0.1, 0.15) is 0 Å². The second-order valence-electron chi connectivity index (χ2n) is 8.20. The van der Waals surface area contributed by atoms with Gasteiger partial charge in [0, 0.05) is 22.5 Å². The molecule has 1 heterocycles. The molecule has 184 valence electrons. The first-order valence-electron chi connectivity index (χ1n) is 11.7. The Labute approximate surface area is 214 Å². The number of hydrogen-bond acceptors (Lipinski definition) is 6. The van der Waals surface area contributed by atoms with E-state index in [9.17, 15) is 4.39 Å². The minimum Gasteiger partial charge on any atom is -0.496 e. The molecular weight excluding hydrogens is 467 g/mol. The lowest BCUT2D eigenvalue weighted by Crippen LogP contribution is -2.04. The van der Waals surface area contributed by atoms with Crippen LogP contribution in [0.4, 0.5) is 27.5 Å². The van der Waals surface area contributed by atoms with Crippen LogP contribution in [0.3, 0.4) is 0 Å². The molecule has 7 heteroatoms. The first-order valence-corrected chi connectivity index (χ1v) is 11.7. The van der Waals surface area contributed by atoms with Crippen LogP contribution in [0, 0.1) is 5.82 Å². The lowest BCUT2D eigenvalue weighted by Gasteiger charge is -2.14. The van der Waals surface area contributed by atoms with Gasteiger partial charge in [-0.05, 0) is 47.5 Å². The molecule has 0 unspecified atom stereocenters. The summed E-state index contributed by atoms with van der Waals surface area (Å²) in [6.07, 6.45) is 1.14. The quantitative estimate of drug-likeness (QED) is 0.234. The molecule has 0 saturated heterocycles. The van der Waals surface area contributed by atoms with Crippen molar-refractivity contribution in [3.05, 3.63) is 109 Å². The van der Waals surface area contributed by atoms with Crippen LogP contribution in [-0.2, 0) is 0 Å². The van der Waals surface area contributed by atoms with E-state index in [-0.39, 0.29) is 11.8 Å². The minimum absolute atomic E-state index is 0.0541. The van der Waals surface area contributed by atoms with Crippen molar-refractivity contribution in [2.45, 2.75) is 0 Å². The van der Waals surface area contributed by atoms with Gasteiger partial charge < -0.3 is 20.1 Å². The lowest BCUT2D eigenvalue weighted by molar-refractivity contribution is 0.416. The van der Waals surface area contributed by atoms with Crippen LogP contribution in [0.2, 0.25) is 0 Å². The molecule has 0 spiro atoms. The molecule has 0 fully saturated rings. The van der Waals surface area contributed by atoms with Gasteiger partial charge in [-0.2, -0.15) is 4.98 Å². The molecule has 5 rings (SSSR count). The second-order valence-corrected chi connectivity index (χ2v) is 8.20. The van der Waals surface area contributed by atoms with Crippen LogP contribution in [0.15, 0.2) is 103 Å². The third-order valence-corrected chi connectivity index (χ3v) is 5.83. The molecule has 0 aliphatic carbocycles. The van der Waals surface area contributed by atoms with E-state index in [1.54, 1.807) is 14.2 Å². The predicted molar refractivity (Wildman–Crippen MR) is 145 cm³/mol. The van der Waals surface area contributed by atoms with E-state index < -0.39 is 5.82 Å². The van der Waals surface area contributed by atoms with Crippen molar-refractivity contribution < 1.29 is 13.9 Å². The van der Waals surface area contributed by atoms with E-state index >= 15 is 0 Å². The van der Waals surface area contributed by atoms with Crippen LogP contribution in [-0.4, -0.2) is 24.2 Å². The maximum absolute atomic E-state index is 14.7. The number of ether oxygens (including phenoxy) is 2. The largest absolute Gasteiger partial charge is 0.496 e. The number of rotatable bonds is 8. The van der Waals surface area contributed by atoms with Gasteiger partial charge in [0.1, 0.15) is 11.5 Å². The molecule has 0 aliphatic rings. The molecule has 6 nitrogen and oxygen atoms in total. The van der Waals surface area contributed by atoms with Crippen molar-refractivity contribution >= 4 is 23.1 Å². The van der Waals surface area contributed by atoms with Gasteiger partial charge in [-0.1, -0.05) is 60.7 Å². The second kappa shape index (κ2) is 10.8. The molecule has 0 bridgehead atoms. The molecule has 0 radical (unpaired) electrons. The van der Waals surface area contributed by atoms with Gasteiger partial charge in [0.25, 0.3) is 0 Å². The number of nitrogens with zero attached hydrogens (tertiary/aromatic N) is 2. The van der Waals surface area contributed by atoms with Crippen molar-refractivity contribution in [2.24, 2.45) is 0 Å². The average Bonchev–Trinajstić information content (AvgIpc) is 2.95. The molecule has 2 N–H and O–H groups in total. The fraction of sp³-hybridized carbons (Fsp3) is 0.0667. The number of methoxy groups -OCH3 is 2. The molecule has 0 atom stereocenters. The van der Waals surface area contributed by atoms with Gasteiger partial charge in [0.2, 0.25) is 5.95 Å². The minimum atomic E-state index is -0.567. The van der Waals surface area contributed by atoms with Crippen molar-refractivity contribution in [3.63, 3.8) is 0 Å². The predicted octanol–water partition coefficient (Wildman–Crippen LogP) is 7.45. The molecule has 0 amide bonds. The van der Waals surface area contributed by atoms with Crippen LogP contribution in [0.25, 0.3) is 22.3 Å². The Kier molecular flexibility index (Phi) is 6.94. The highest BCUT2D eigenvalue weighted by Gasteiger charge is 2.12. The smallest absolute Gasteiger partial charge is 0.229 e. The summed E-state index contributed by atoms with van der Waals surface area (Å²) in [7, 11) is 3.26. The monoisotopic (exact) mass is 492 g/mol. The van der Waals surface area contributed by atoms with Crippen molar-refractivity contribution in [1.82, 2.24) is 9.97 Å². The molecule has 0 aliphatic heterocycles. The van der Waals surface area contributed by atoms with Gasteiger partial charge in [-0.25, -0.2) is 9.37 Å². The molecule has 1 aromatic heterocycles. The lowest BCUT2D eigenvalue weighted by atomic mass is 10.0. The Morgan fingerprint density at radius 1 is 0.649 bits per heavy atom. The number of hydrogen-bond donors (Lipinski definition) is 2. The maximum atomic E-state index is 14.7. The standard InChI is InChI=1S/C30H25FN4O2/c1-36-27-15-13-22(17-24(27)20-9-5-3-6-10-20)33-29-26(31)19-32-30(35-29)34-23-14-16-28(37-2)25(18-23)21-11-7-4-8-12-21/h3-19H,1-2H3,(H2,32,33,34,35). The summed E-state index contributed by atoms with van der Waals surface area (Å²) in [4.78, 5) is 8.51. The summed E-state index contributed by atoms with van der Waals surface area (Å²) >= 11 is 0. The number of halogens is 1. The maximum Gasteiger partial charge on any atom is 0.229 e. The molecule has 4 aromatic carbocycles. The SMILES string of the molecule is COc1ccc(Nc2ncc(F)c(Nc3ccc(OC)c(-c4ccccc4)c3)n2)cc1-c1ccccc1. The van der Waals surface area contributed by atoms with E-state index in [2.05, 4.69) is 20.6 Å². The summed E-state index contributed by atoms with van der Waals surface area (Å²) in [6.45, 7) is 0. The van der Waals surface area contributed by atoms with Crippen LogP contribution < -0.4 is 20.1 Å². The van der Waals surface area contributed by atoms with E-state index in [1.165, 1.54) is 0 Å². The van der Waals surface area contributed by atoms with E-state index in [1.807, 2.05) is 97.1 Å². The highest BCUT2D eigenvalue weighted by Crippen LogP contribution is 2.35. The Balaban J connectivity index is 1.42. The highest BCUT2D eigenvalue weighted by atomic mass is 19.1. The van der Waals surface area contributed by atoms with Crippen molar-refractivity contribution in [1.29, 1.82) is 0 Å². The summed E-state index contributed by atoms with van der Waals surface area (Å²) in [5.74, 6) is 1.20. The van der Waals surface area contributed by atoms with E-state index in [0.717, 1.165) is 45.6 Å². The topological polar surface area (TPSA) is 68.3 Å². The Hall–Kier alpha value is -4.91. The molecule has 37 heavy (non-hydrogen) atoms. The Bertz CT molecular complexity index is 1510. The zero-order valence-electron chi connectivity index (χ0n) is 20.4. The molecule has 5 aromatic rings. The number of benzene rings is 4. The summed E-state index contributed by atoms with van der Waals surface area (Å²) < 4.78 is 25.8. The van der Waals surface area contributed by atoms with Gasteiger partial charge in [0.15, 0.2) is 11.6 Å². The Morgan fingerprint density at radius 2 is 1.16 bits per heavy atom. The van der Waals surface area contributed by atoms with Gasteiger partial charge in [0.05, 0.1) is 20.4 Å². The molecule has 0 saturated carbocycles. The van der Waals surface area contributed by atoms with E-state index in [4.69, 9.17) is 9.47 Å². The fourth-order valence-electron chi connectivity index (χ4n) is 4.04. The molecular formula is C30H25FN4O2. The number of anilines is 4. The van der Waals surface area contributed by atoms with Crippen LogP contribution >= 0.6 is 0 Å². The van der Waals surface area contributed by atoms with E-state index in [0.29, 0.717) is 5.69 Å². The fourth-order valence-corrected chi connectivity index (χ4v) is 4.04. The van der Waals surface area contributed by atoms with Gasteiger partial charge in [-0.15, -0.1) is 0 Å². The average molecular weight is 493 g/mol. The van der Waals surface area contributed by atoms with Crippen molar-refractivity contribution in [3.8, 4) is 33.8 Å². The van der Waals surface area contributed by atoms with Crippen LogP contribution in [0.5, 0.6) is 11.5 Å². The highest BCUT2D eigenvalue weighted by molar-refractivity contribution is 5.77. The van der Waals surface area contributed by atoms with Gasteiger partial charge >= 0.3 is 0 Å². The normalized spacial score (nSPS) is 10.6. The first kappa shape index (κ1) is 23.8. The third kappa shape index (κ3) is 5.36. The first-order chi connectivity index (χ1) is 18.1. The zero-order valence-corrected chi connectivity index (χ0v) is 20.4. The number of aromatic nitrogens is 2. The summed E-state index contributed by atoms with van der Waals surface area (Å²) in [5.41, 5.74) is 5.21. The zero-order chi connectivity index (χ0) is 25.6. The third-order valence-electron chi connectivity index (χ3n) is 5.83. The Morgan fingerprint density at radius 3 is 1.68 bits per heavy atom. The van der Waals surface area contributed by atoms with Crippen molar-refractivity contribution in [2.75, 3.05) is 24.9 Å². The number of nitrogens with one attached hydrogen (secondary N) is 2. The summed E-state index contributed by atoms with van der Waals surface area (Å²) in [5, 5.41) is 6.24.